The van der Waals surface area contributed by atoms with E-state index in [4.69, 9.17) is 39.4 Å². The van der Waals surface area contributed by atoms with Crippen LogP contribution in [0.5, 0.6) is 0 Å². The van der Waals surface area contributed by atoms with Crippen molar-refractivity contribution >= 4 is 29.3 Å². The number of halogens is 2. The molecule has 1 atom stereocenters. The fourth-order valence-electron chi connectivity index (χ4n) is 1.15. The lowest BCUT2D eigenvalue weighted by Crippen LogP contribution is -2.23. The summed E-state index contributed by atoms with van der Waals surface area (Å²) in [5.41, 5.74) is 10.9. The summed E-state index contributed by atoms with van der Waals surface area (Å²) >= 11 is 11.7. The Labute approximate surface area is 97.1 Å². The van der Waals surface area contributed by atoms with E-state index < -0.39 is 12.2 Å². The minimum atomic E-state index is -0.901. The standard InChI is InChI=1S/C9H10Cl2N2O2/c10-6-3-1-2-5(8(6)11)7(4-12)15-9(13)14/h1-3,7H,4,12H2,(H2,13,14). The predicted octanol–water partition coefficient (Wildman–Crippen LogP) is 2.09. The molecular formula is C9H10Cl2N2O2. The topological polar surface area (TPSA) is 78.3 Å². The van der Waals surface area contributed by atoms with Gasteiger partial charge in [0.2, 0.25) is 0 Å². The Morgan fingerprint density at radius 3 is 2.67 bits per heavy atom. The Hall–Kier alpha value is -0.970. The van der Waals surface area contributed by atoms with Gasteiger partial charge in [-0.1, -0.05) is 35.3 Å². The molecule has 0 fully saturated rings. The molecule has 1 unspecified atom stereocenters. The van der Waals surface area contributed by atoms with Crippen LogP contribution in [-0.4, -0.2) is 12.6 Å². The first kappa shape index (κ1) is 12.1. The number of benzene rings is 1. The lowest BCUT2D eigenvalue weighted by Gasteiger charge is -2.16. The van der Waals surface area contributed by atoms with Gasteiger partial charge in [-0.25, -0.2) is 4.79 Å². The van der Waals surface area contributed by atoms with E-state index in [-0.39, 0.29) is 6.54 Å². The summed E-state index contributed by atoms with van der Waals surface area (Å²) in [4.78, 5) is 10.6. The zero-order valence-electron chi connectivity index (χ0n) is 7.74. The van der Waals surface area contributed by atoms with Gasteiger partial charge in [0.05, 0.1) is 10.0 Å². The van der Waals surface area contributed by atoms with Crippen molar-refractivity contribution < 1.29 is 9.53 Å². The second kappa shape index (κ2) is 5.21. The lowest BCUT2D eigenvalue weighted by atomic mass is 10.1. The summed E-state index contributed by atoms with van der Waals surface area (Å²) in [5.74, 6) is 0. The number of carbonyl (C=O) groups excluding carboxylic acids is 1. The van der Waals surface area contributed by atoms with Crippen molar-refractivity contribution in [2.24, 2.45) is 11.5 Å². The van der Waals surface area contributed by atoms with Gasteiger partial charge in [0.25, 0.3) is 0 Å². The van der Waals surface area contributed by atoms with Crippen LogP contribution in [0, 0.1) is 0 Å². The van der Waals surface area contributed by atoms with Crippen LogP contribution in [0.1, 0.15) is 11.7 Å². The zero-order chi connectivity index (χ0) is 11.4. The molecule has 0 heterocycles. The predicted molar refractivity (Wildman–Crippen MR) is 58.9 cm³/mol. The molecule has 6 heteroatoms. The van der Waals surface area contributed by atoms with Crippen LogP contribution in [0.3, 0.4) is 0 Å². The molecular weight excluding hydrogens is 239 g/mol. The first-order valence-electron chi connectivity index (χ1n) is 4.16. The van der Waals surface area contributed by atoms with Crippen molar-refractivity contribution in [3.63, 3.8) is 0 Å². The molecule has 0 aliphatic carbocycles. The highest BCUT2D eigenvalue weighted by atomic mass is 35.5. The van der Waals surface area contributed by atoms with Gasteiger partial charge in [-0.2, -0.15) is 0 Å². The van der Waals surface area contributed by atoms with E-state index in [0.29, 0.717) is 15.6 Å². The van der Waals surface area contributed by atoms with Gasteiger partial charge >= 0.3 is 6.09 Å². The van der Waals surface area contributed by atoms with Crippen molar-refractivity contribution in [3.05, 3.63) is 33.8 Å². The fourth-order valence-corrected chi connectivity index (χ4v) is 1.58. The highest BCUT2D eigenvalue weighted by molar-refractivity contribution is 6.42. The average Bonchev–Trinajstić information content (AvgIpc) is 2.19. The summed E-state index contributed by atoms with van der Waals surface area (Å²) in [5, 5.41) is 0.691. The van der Waals surface area contributed by atoms with Crippen molar-refractivity contribution in [2.75, 3.05) is 6.54 Å². The number of primary amides is 1. The van der Waals surface area contributed by atoms with Gasteiger partial charge in [-0.3, -0.25) is 0 Å². The molecule has 4 N–H and O–H groups in total. The van der Waals surface area contributed by atoms with Crippen LogP contribution >= 0.6 is 23.2 Å². The van der Waals surface area contributed by atoms with Gasteiger partial charge < -0.3 is 16.2 Å². The Balaban J connectivity index is 3.01. The van der Waals surface area contributed by atoms with Gasteiger partial charge in [-0.15, -0.1) is 0 Å². The summed E-state index contributed by atoms with van der Waals surface area (Å²) in [6, 6.07) is 5.00. The second-order valence-electron chi connectivity index (χ2n) is 2.80. The first-order valence-corrected chi connectivity index (χ1v) is 4.92. The first-order chi connectivity index (χ1) is 7.06. The highest BCUT2D eigenvalue weighted by Crippen LogP contribution is 2.31. The highest BCUT2D eigenvalue weighted by Gasteiger charge is 2.17. The second-order valence-corrected chi connectivity index (χ2v) is 3.59. The third-order valence-corrected chi connectivity index (χ3v) is 2.63. The summed E-state index contributed by atoms with van der Waals surface area (Å²) in [6.45, 7) is 0.0863. The maximum absolute atomic E-state index is 10.6. The normalized spacial score (nSPS) is 12.2. The lowest BCUT2D eigenvalue weighted by molar-refractivity contribution is 0.111. The number of carbonyl (C=O) groups is 1. The molecule has 0 radical (unpaired) electrons. The molecule has 0 saturated heterocycles. The molecule has 0 aliphatic rings. The van der Waals surface area contributed by atoms with Gasteiger partial charge in [0.15, 0.2) is 0 Å². The largest absolute Gasteiger partial charge is 0.440 e. The molecule has 0 spiro atoms. The van der Waals surface area contributed by atoms with Gasteiger partial charge in [0, 0.05) is 12.1 Å². The number of hydrogen-bond acceptors (Lipinski definition) is 3. The maximum atomic E-state index is 10.6. The molecule has 0 aromatic heterocycles. The minimum Gasteiger partial charge on any atom is -0.440 e. The molecule has 1 aromatic rings. The van der Waals surface area contributed by atoms with Crippen molar-refractivity contribution in [1.29, 1.82) is 0 Å². The molecule has 0 aliphatic heterocycles. The average molecular weight is 249 g/mol. The van der Waals surface area contributed by atoms with Crippen molar-refractivity contribution in [3.8, 4) is 0 Å². The molecule has 0 bridgehead atoms. The van der Waals surface area contributed by atoms with Crippen molar-refractivity contribution in [1.82, 2.24) is 0 Å². The van der Waals surface area contributed by atoms with E-state index in [9.17, 15) is 4.79 Å². The molecule has 4 nitrogen and oxygen atoms in total. The molecule has 1 amide bonds. The van der Waals surface area contributed by atoms with Crippen LogP contribution < -0.4 is 11.5 Å². The number of hydrogen-bond donors (Lipinski definition) is 2. The number of ether oxygens (including phenoxy) is 1. The molecule has 0 saturated carbocycles. The molecule has 1 aromatic carbocycles. The Bertz CT molecular complexity index is 371. The van der Waals surface area contributed by atoms with Crippen LogP contribution in [-0.2, 0) is 4.74 Å². The summed E-state index contributed by atoms with van der Waals surface area (Å²) in [7, 11) is 0. The quantitative estimate of drug-likeness (QED) is 0.860. The van der Waals surface area contributed by atoms with Crippen molar-refractivity contribution in [2.45, 2.75) is 6.10 Å². The van der Waals surface area contributed by atoms with E-state index >= 15 is 0 Å². The van der Waals surface area contributed by atoms with Crippen LogP contribution in [0.25, 0.3) is 0 Å². The zero-order valence-corrected chi connectivity index (χ0v) is 9.26. The van der Waals surface area contributed by atoms with E-state index in [1.54, 1.807) is 18.2 Å². The maximum Gasteiger partial charge on any atom is 0.405 e. The number of rotatable bonds is 3. The Kier molecular flexibility index (Phi) is 4.20. The van der Waals surface area contributed by atoms with E-state index in [1.165, 1.54) is 0 Å². The third kappa shape index (κ3) is 2.99. The van der Waals surface area contributed by atoms with E-state index in [0.717, 1.165) is 0 Å². The number of nitrogens with two attached hydrogens (primary N) is 2. The number of amides is 1. The SMILES string of the molecule is NCC(OC(N)=O)c1cccc(Cl)c1Cl. The third-order valence-electron chi connectivity index (χ3n) is 1.80. The van der Waals surface area contributed by atoms with Crippen LogP contribution in [0.4, 0.5) is 4.79 Å². The minimum absolute atomic E-state index is 0.0863. The van der Waals surface area contributed by atoms with Crippen LogP contribution in [0.15, 0.2) is 18.2 Å². The molecule has 15 heavy (non-hydrogen) atoms. The Morgan fingerprint density at radius 1 is 1.47 bits per heavy atom. The van der Waals surface area contributed by atoms with E-state index in [1.807, 2.05) is 0 Å². The summed E-state index contributed by atoms with van der Waals surface area (Å²) in [6.07, 6.45) is -1.57. The van der Waals surface area contributed by atoms with Gasteiger partial charge in [0.1, 0.15) is 6.10 Å². The molecule has 82 valence electrons. The summed E-state index contributed by atoms with van der Waals surface area (Å²) < 4.78 is 4.79. The molecule has 1 rings (SSSR count). The fraction of sp³-hybridized carbons (Fsp3) is 0.222. The monoisotopic (exact) mass is 248 g/mol. The smallest absolute Gasteiger partial charge is 0.405 e. The van der Waals surface area contributed by atoms with E-state index in [2.05, 4.69) is 0 Å². The Morgan fingerprint density at radius 2 is 2.13 bits per heavy atom. The van der Waals surface area contributed by atoms with Gasteiger partial charge in [-0.05, 0) is 6.07 Å². The van der Waals surface area contributed by atoms with Crippen LogP contribution in [0.2, 0.25) is 10.0 Å².